The maximum atomic E-state index is 13.5. The molecule has 2 aromatic rings. The molecule has 182 valence electrons. The number of esters is 2. The van der Waals surface area contributed by atoms with E-state index in [1.54, 1.807) is 50.2 Å². The second-order valence-electron chi connectivity index (χ2n) is 8.52. The first kappa shape index (κ1) is 24.3. The Kier molecular flexibility index (Phi) is 6.81. The minimum Gasteiger partial charge on any atom is -0.464 e. The number of ketones is 1. The first-order valence-electron chi connectivity index (χ1n) is 11.1. The molecule has 9 heteroatoms. The zero-order valence-corrected chi connectivity index (χ0v) is 19.6. The number of methoxy groups -OCH3 is 1. The van der Waals surface area contributed by atoms with Crippen molar-refractivity contribution in [2.24, 2.45) is 0 Å². The van der Waals surface area contributed by atoms with Crippen molar-refractivity contribution in [3.63, 3.8) is 0 Å². The monoisotopic (exact) mass is 478 g/mol. The second kappa shape index (κ2) is 9.81. The highest BCUT2D eigenvalue weighted by atomic mass is 16.6. The van der Waals surface area contributed by atoms with E-state index in [9.17, 15) is 19.2 Å². The van der Waals surface area contributed by atoms with E-state index in [1.165, 1.54) is 7.11 Å². The first-order chi connectivity index (χ1) is 16.8. The van der Waals surface area contributed by atoms with Gasteiger partial charge in [0.15, 0.2) is 12.0 Å². The van der Waals surface area contributed by atoms with Gasteiger partial charge in [-0.25, -0.2) is 9.59 Å². The zero-order chi connectivity index (χ0) is 25.2. The van der Waals surface area contributed by atoms with Crippen LogP contribution >= 0.6 is 0 Å². The van der Waals surface area contributed by atoms with E-state index in [-0.39, 0.29) is 18.7 Å². The Labute approximate surface area is 202 Å². The van der Waals surface area contributed by atoms with Gasteiger partial charge < -0.3 is 14.2 Å². The Hall–Kier alpha value is -3.82. The molecule has 35 heavy (non-hydrogen) atoms. The number of hydrogen-bond donors (Lipinski definition) is 1. The summed E-state index contributed by atoms with van der Waals surface area (Å²) in [6.07, 6.45) is -2.67. The van der Waals surface area contributed by atoms with Crippen molar-refractivity contribution < 1.29 is 33.4 Å². The summed E-state index contributed by atoms with van der Waals surface area (Å²) in [5, 5.41) is 2.78. The lowest BCUT2D eigenvalue weighted by atomic mass is 9.79. The maximum Gasteiger partial charge on any atom is 0.354 e. The predicted molar refractivity (Wildman–Crippen MR) is 123 cm³/mol. The molecule has 4 rings (SSSR count). The minimum atomic E-state index is -1.83. The van der Waals surface area contributed by atoms with E-state index < -0.39 is 41.6 Å². The van der Waals surface area contributed by atoms with E-state index in [0.29, 0.717) is 11.1 Å². The normalized spacial score (nSPS) is 22.6. The third kappa shape index (κ3) is 4.36. The molecule has 0 aliphatic carbocycles. The fraction of sp³-hybridized carbons (Fsp3) is 0.308. The Bertz CT molecular complexity index is 1170. The molecule has 0 saturated carbocycles. The standard InChI is InChI=1S/C26H26N2O7/c1-16(2)20(22(30)33-3)28-24(32)26(19(29)14-17-10-6-4-7-11-17)25(28)35-21(27-26)23(31)34-15-18-12-8-5-9-13-18/h4-13,21,25,27H,14-15H2,1-3H3. The molecule has 0 aromatic heterocycles. The van der Waals surface area contributed by atoms with E-state index >= 15 is 0 Å². The van der Waals surface area contributed by atoms with E-state index in [1.807, 2.05) is 24.3 Å². The van der Waals surface area contributed by atoms with Gasteiger partial charge in [0.25, 0.3) is 5.91 Å². The van der Waals surface area contributed by atoms with Crippen LogP contribution in [0, 0.1) is 0 Å². The Balaban J connectivity index is 1.61. The molecule has 0 spiro atoms. The maximum absolute atomic E-state index is 13.5. The molecule has 2 fully saturated rings. The van der Waals surface area contributed by atoms with Crippen molar-refractivity contribution in [2.45, 2.75) is 44.9 Å². The average molecular weight is 479 g/mol. The summed E-state index contributed by atoms with van der Waals surface area (Å²) in [6, 6.07) is 18.0. The number of benzene rings is 2. The Morgan fingerprint density at radius 2 is 1.60 bits per heavy atom. The highest BCUT2D eigenvalue weighted by Gasteiger charge is 2.73. The fourth-order valence-electron chi connectivity index (χ4n) is 4.23. The highest BCUT2D eigenvalue weighted by Crippen LogP contribution is 2.43. The van der Waals surface area contributed by atoms with Gasteiger partial charge in [-0.2, -0.15) is 0 Å². The van der Waals surface area contributed by atoms with E-state index in [2.05, 4.69) is 5.32 Å². The summed E-state index contributed by atoms with van der Waals surface area (Å²) >= 11 is 0. The van der Waals surface area contributed by atoms with Crippen LogP contribution < -0.4 is 5.32 Å². The van der Waals surface area contributed by atoms with E-state index in [4.69, 9.17) is 14.2 Å². The van der Waals surface area contributed by atoms with Gasteiger partial charge in [-0.3, -0.25) is 19.8 Å². The number of rotatable bonds is 8. The number of β-lactam (4-membered cyclic amide) rings is 1. The smallest absolute Gasteiger partial charge is 0.354 e. The van der Waals surface area contributed by atoms with Gasteiger partial charge in [-0.05, 0) is 30.5 Å². The van der Waals surface area contributed by atoms with Gasteiger partial charge in [0.05, 0.1) is 7.11 Å². The number of likely N-dealkylation sites (tertiary alicyclic amines) is 1. The largest absolute Gasteiger partial charge is 0.464 e. The summed E-state index contributed by atoms with van der Waals surface area (Å²) in [4.78, 5) is 53.3. The molecular formula is C26H26N2O7. The van der Waals surface area contributed by atoms with Crippen molar-refractivity contribution in [3.8, 4) is 0 Å². The van der Waals surface area contributed by atoms with Crippen LogP contribution in [0.4, 0.5) is 0 Å². The van der Waals surface area contributed by atoms with Crippen molar-refractivity contribution in [1.82, 2.24) is 10.2 Å². The predicted octanol–water partition coefficient (Wildman–Crippen LogP) is 1.86. The van der Waals surface area contributed by atoms with Crippen LogP contribution in [0.2, 0.25) is 0 Å². The fourth-order valence-corrected chi connectivity index (χ4v) is 4.23. The van der Waals surface area contributed by atoms with Gasteiger partial charge in [-0.1, -0.05) is 60.7 Å². The van der Waals surface area contributed by atoms with Crippen molar-refractivity contribution in [2.75, 3.05) is 7.11 Å². The molecule has 3 atom stereocenters. The average Bonchev–Trinajstić information content (AvgIpc) is 3.23. The quantitative estimate of drug-likeness (QED) is 0.265. The molecule has 2 aliphatic rings. The molecule has 2 aliphatic heterocycles. The van der Waals surface area contributed by atoms with Gasteiger partial charge in [0.2, 0.25) is 11.8 Å². The van der Waals surface area contributed by atoms with Crippen molar-refractivity contribution in [3.05, 3.63) is 83.1 Å². The second-order valence-corrected chi connectivity index (χ2v) is 8.52. The van der Waals surface area contributed by atoms with Gasteiger partial charge in [0.1, 0.15) is 12.3 Å². The number of nitrogens with zero attached hydrogens (tertiary/aromatic N) is 1. The van der Waals surface area contributed by atoms with Crippen LogP contribution in [0.5, 0.6) is 0 Å². The number of allylic oxidation sites excluding steroid dienone is 1. The van der Waals surface area contributed by atoms with Crippen LogP contribution in [0.1, 0.15) is 25.0 Å². The molecule has 0 bridgehead atoms. The number of nitrogens with one attached hydrogen (secondary N) is 1. The van der Waals surface area contributed by atoms with Crippen molar-refractivity contribution in [1.29, 1.82) is 0 Å². The molecule has 9 nitrogen and oxygen atoms in total. The number of fused-ring (bicyclic) bond motifs is 1. The van der Waals surface area contributed by atoms with Crippen LogP contribution in [-0.2, 0) is 46.4 Å². The van der Waals surface area contributed by atoms with Crippen LogP contribution in [0.3, 0.4) is 0 Å². The lowest BCUT2D eigenvalue weighted by Gasteiger charge is -2.49. The van der Waals surface area contributed by atoms with Crippen LogP contribution in [0.15, 0.2) is 71.9 Å². The molecule has 1 N–H and O–H groups in total. The van der Waals surface area contributed by atoms with Crippen LogP contribution in [0.25, 0.3) is 0 Å². The van der Waals surface area contributed by atoms with Gasteiger partial charge in [0, 0.05) is 6.42 Å². The SMILES string of the molecule is COC(=O)C(=C(C)C)N1C(=O)C2(C(=O)Cc3ccccc3)NC(C(=O)OCc3ccccc3)OC12. The molecule has 2 saturated heterocycles. The van der Waals surface area contributed by atoms with Gasteiger partial charge in [-0.15, -0.1) is 0 Å². The molecule has 2 aromatic carbocycles. The summed E-state index contributed by atoms with van der Waals surface area (Å²) in [5.74, 6) is -2.70. The number of ether oxygens (including phenoxy) is 3. The molecule has 2 heterocycles. The molecule has 1 amide bonds. The summed E-state index contributed by atoms with van der Waals surface area (Å²) < 4.78 is 16.0. The summed E-state index contributed by atoms with van der Waals surface area (Å²) in [6.45, 7) is 3.27. The van der Waals surface area contributed by atoms with Gasteiger partial charge >= 0.3 is 11.9 Å². The third-order valence-electron chi connectivity index (χ3n) is 5.96. The molecule has 0 radical (unpaired) electrons. The zero-order valence-electron chi connectivity index (χ0n) is 19.6. The minimum absolute atomic E-state index is 0.00408. The third-order valence-corrected chi connectivity index (χ3v) is 5.96. The number of hydrogen-bond acceptors (Lipinski definition) is 8. The lowest BCUT2D eigenvalue weighted by Crippen LogP contribution is -2.79. The Morgan fingerprint density at radius 1 is 1.00 bits per heavy atom. The number of Topliss-reactive ketones (excluding diaryl/α,β-unsaturated/α-hetero) is 1. The van der Waals surface area contributed by atoms with E-state index in [0.717, 1.165) is 10.5 Å². The molecular weight excluding hydrogens is 452 g/mol. The lowest BCUT2D eigenvalue weighted by molar-refractivity contribution is -0.187. The number of amides is 1. The topological polar surface area (TPSA) is 111 Å². The first-order valence-corrected chi connectivity index (χ1v) is 11.1. The Morgan fingerprint density at radius 3 is 2.17 bits per heavy atom. The molecule has 3 unspecified atom stereocenters. The van der Waals surface area contributed by atoms with Crippen LogP contribution in [-0.4, -0.2) is 53.6 Å². The van der Waals surface area contributed by atoms with Crippen molar-refractivity contribution >= 4 is 23.6 Å². The number of carbonyl (C=O) groups excluding carboxylic acids is 4. The summed E-state index contributed by atoms with van der Waals surface area (Å²) in [5.41, 5.74) is 0.0934. The highest BCUT2D eigenvalue weighted by molar-refractivity contribution is 6.19. The summed E-state index contributed by atoms with van der Waals surface area (Å²) in [7, 11) is 1.20. The number of carbonyl (C=O) groups is 4.